The Morgan fingerprint density at radius 3 is 2.63 bits per heavy atom. The molecule has 0 aliphatic heterocycles. The molecule has 27 heavy (non-hydrogen) atoms. The lowest BCUT2D eigenvalue weighted by molar-refractivity contribution is -0.742. The molecule has 3 aromatic rings. The molecular formula is C18H17Cl2N3O4. The molecule has 0 bridgehead atoms. The van der Waals surface area contributed by atoms with Crippen molar-refractivity contribution in [2.45, 2.75) is 6.61 Å². The number of hydrogen-bond donors (Lipinski definition) is 1. The second kappa shape index (κ2) is 10.8. The summed E-state index contributed by atoms with van der Waals surface area (Å²) in [4.78, 5) is 12.4. The fraction of sp³-hybridized carbons (Fsp3) is 0.0556. The first-order valence-electron chi connectivity index (χ1n) is 7.44. The van der Waals surface area contributed by atoms with Crippen molar-refractivity contribution in [3.05, 3.63) is 100 Å². The van der Waals surface area contributed by atoms with Crippen molar-refractivity contribution in [1.82, 2.24) is 9.55 Å². The van der Waals surface area contributed by atoms with Crippen molar-refractivity contribution in [1.29, 1.82) is 0 Å². The number of benzene rings is 2. The molecule has 1 aromatic heterocycles. The van der Waals surface area contributed by atoms with Crippen molar-refractivity contribution in [2.24, 2.45) is 0 Å². The highest BCUT2D eigenvalue weighted by Crippen LogP contribution is 2.26. The maximum absolute atomic E-state index is 8.36. The molecule has 0 atom stereocenters. The second-order valence-electron chi connectivity index (χ2n) is 5.07. The van der Waals surface area contributed by atoms with Crippen LogP contribution in [0.1, 0.15) is 11.1 Å². The standard InChI is InChI=1S/C18H15ClN2O.ClH.HNO3/c1-14(21-10-9-20-13-21)17-7-2-3-8-18(17)22-12-15-5-4-6-16(19)11-15;;2-1(3)4/h2-11,13H,1,12H2;1H;(H,2,3,4). The molecule has 1 heterocycles. The highest BCUT2D eigenvalue weighted by atomic mass is 35.5. The highest BCUT2D eigenvalue weighted by molar-refractivity contribution is 6.30. The largest absolute Gasteiger partial charge is 0.488 e. The fourth-order valence-electron chi connectivity index (χ4n) is 2.18. The Morgan fingerprint density at radius 1 is 1.30 bits per heavy atom. The SMILES string of the molecule is C=C(c1ccccc1OCc1cccc(Cl)c1)n1ccnc1.Cl.O=[N+]([O-])O. The van der Waals surface area contributed by atoms with Crippen LogP contribution in [0.15, 0.2) is 73.8 Å². The minimum absolute atomic E-state index is 0. The molecule has 1 N–H and O–H groups in total. The number of aromatic nitrogens is 2. The third-order valence-electron chi connectivity index (χ3n) is 3.30. The summed E-state index contributed by atoms with van der Waals surface area (Å²) in [6.45, 7) is 4.57. The lowest BCUT2D eigenvalue weighted by Crippen LogP contribution is -2.01. The number of para-hydroxylation sites is 1. The van der Waals surface area contributed by atoms with Crippen LogP contribution in [-0.4, -0.2) is 19.8 Å². The number of rotatable bonds is 5. The lowest BCUT2D eigenvalue weighted by Gasteiger charge is -2.14. The van der Waals surface area contributed by atoms with E-state index in [4.69, 9.17) is 31.7 Å². The first kappa shape index (κ1) is 22.0. The van der Waals surface area contributed by atoms with Gasteiger partial charge in [-0.05, 0) is 29.8 Å². The van der Waals surface area contributed by atoms with E-state index >= 15 is 0 Å². The first-order valence-corrected chi connectivity index (χ1v) is 7.82. The monoisotopic (exact) mass is 409 g/mol. The van der Waals surface area contributed by atoms with Crippen LogP contribution in [0.2, 0.25) is 5.02 Å². The van der Waals surface area contributed by atoms with Crippen molar-refractivity contribution in [3.63, 3.8) is 0 Å². The van der Waals surface area contributed by atoms with Gasteiger partial charge in [-0.1, -0.05) is 42.4 Å². The predicted molar refractivity (Wildman–Crippen MR) is 105 cm³/mol. The zero-order valence-corrected chi connectivity index (χ0v) is 15.6. The summed E-state index contributed by atoms with van der Waals surface area (Å²) in [6.07, 6.45) is 5.30. The third kappa shape index (κ3) is 7.01. The Hall–Kier alpha value is -3.03. The molecule has 0 saturated heterocycles. The van der Waals surface area contributed by atoms with Crippen molar-refractivity contribution >= 4 is 29.7 Å². The summed E-state index contributed by atoms with van der Waals surface area (Å²) in [5, 5.41) is 14.3. The van der Waals surface area contributed by atoms with Crippen LogP contribution in [0, 0.1) is 10.1 Å². The molecule has 0 unspecified atom stereocenters. The van der Waals surface area contributed by atoms with Crippen molar-refractivity contribution in [2.75, 3.05) is 0 Å². The Labute approximate surface area is 167 Å². The van der Waals surface area contributed by atoms with Crippen molar-refractivity contribution in [3.8, 4) is 5.75 Å². The van der Waals surface area contributed by atoms with Gasteiger partial charge in [0.1, 0.15) is 12.4 Å². The number of halogens is 2. The molecule has 0 aliphatic carbocycles. The van der Waals surface area contributed by atoms with Gasteiger partial charge < -0.3 is 14.5 Å². The summed E-state index contributed by atoms with van der Waals surface area (Å²) >= 11 is 6.00. The smallest absolute Gasteiger partial charge is 0.291 e. The van der Waals surface area contributed by atoms with Gasteiger partial charge in [0.25, 0.3) is 5.09 Å². The van der Waals surface area contributed by atoms with Gasteiger partial charge in [-0.25, -0.2) is 4.98 Å². The van der Waals surface area contributed by atoms with Gasteiger partial charge in [-0.2, -0.15) is 0 Å². The molecule has 0 spiro atoms. The predicted octanol–water partition coefficient (Wildman–Crippen LogP) is 4.71. The molecular weight excluding hydrogens is 393 g/mol. The zero-order valence-electron chi connectivity index (χ0n) is 14.1. The first-order chi connectivity index (χ1) is 12.5. The summed E-state index contributed by atoms with van der Waals surface area (Å²) in [6, 6.07) is 15.5. The molecule has 142 valence electrons. The van der Waals surface area contributed by atoms with Crippen LogP contribution < -0.4 is 4.74 Å². The molecule has 7 nitrogen and oxygen atoms in total. The van der Waals surface area contributed by atoms with E-state index in [1.54, 1.807) is 12.5 Å². The zero-order chi connectivity index (χ0) is 18.9. The summed E-state index contributed by atoms with van der Waals surface area (Å²) < 4.78 is 7.81. The summed E-state index contributed by atoms with van der Waals surface area (Å²) in [7, 11) is 0. The van der Waals surface area contributed by atoms with Gasteiger partial charge in [0.2, 0.25) is 0 Å². The molecule has 0 fully saturated rings. The van der Waals surface area contributed by atoms with Crippen LogP contribution in [0.25, 0.3) is 5.70 Å². The van der Waals surface area contributed by atoms with Gasteiger partial charge >= 0.3 is 0 Å². The molecule has 0 amide bonds. The summed E-state index contributed by atoms with van der Waals surface area (Å²) in [5.74, 6) is 0.779. The normalized spacial score (nSPS) is 9.37. The van der Waals surface area contributed by atoms with Gasteiger partial charge in [0, 0.05) is 23.0 Å². The Morgan fingerprint density at radius 2 is 2.00 bits per heavy atom. The van der Waals surface area contributed by atoms with Gasteiger partial charge in [0.15, 0.2) is 0 Å². The van der Waals surface area contributed by atoms with Crippen LogP contribution in [0.3, 0.4) is 0 Å². The van der Waals surface area contributed by atoms with Crippen LogP contribution in [0.5, 0.6) is 5.75 Å². The van der Waals surface area contributed by atoms with E-state index in [0.29, 0.717) is 11.6 Å². The van der Waals surface area contributed by atoms with Gasteiger partial charge in [-0.15, -0.1) is 22.5 Å². The number of ether oxygens (including phenoxy) is 1. The number of imidazole rings is 1. The molecule has 3 rings (SSSR count). The second-order valence-corrected chi connectivity index (χ2v) is 5.51. The van der Waals surface area contributed by atoms with E-state index in [9.17, 15) is 0 Å². The minimum Gasteiger partial charge on any atom is -0.488 e. The molecule has 0 aliphatic rings. The maximum Gasteiger partial charge on any atom is 0.291 e. The van der Waals surface area contributed by atoms with Crippen LogP contribution in [-0.2, 0) is 6.61 Å². The van der Waals surface area contributed by atoms with E-state index in [1.165, 1.54) is 0 Å². The third-order valence-corrected chi connectivity index (χ3v) is 3.53. The Bertz CT molecular complexity index is 882. The topological polar surface area (TPSA) is 90.4 Å². The van der Waals surface area contributed by atoms with E-state index in [1.807, 2.05) is 59.3 Å². The highest BCUT2D eigenvalue weighted by Gasteiger charge is 2.08. The average molecular weight is 410 g/mol. The van der Waals surface area contributed by atoms with Crippen molar-refractivity contribution < 1.29 is 15.0 Å². The lowest BCUT2D eigenvalue weighted by atomic mass is 10.1. The van der Waals surface area contributed by atoms with E-state index in [0.717, 1.165) is 22.6 Å². The fourth-order valence-corrected chi connectivity index (χ4v) is 2.39. The molecule has 2 aromatic carbocycles. The number of nitrogens with zero attached hydrogens (tertiary/aromatic N) is 3. The molecule has 0 radical (unpaired) electrons. The van der Waals surface area contributed by atoms with E-state index in [2.05, 4.69) is 11.6 Å². The molecule has 9 heteroatoms. The van der Waals surface area contributed by atoms with Gasteiger partial charge in [-0.3, -0.25) is 0 Å². The maximum atomic E-state index is 8.36. The van der Waals surface area contributed by atoms with E-state index < -0.39 is 5.09 Å². The van der Waals surface area contributed by atoms with E-state index in [-0.39, 0.29) is 12.4 Å². The Balaban J connectivity index is 0.000000666. The number of hydrogen-bond acceptors (Lipinski definition) is 4. The molecule has 0 saturated carbocycles. The minimum atomic E-state index is -1.50. The van der Waals surface area contributed by atoms with Crippen LogP contribution >= 0.6 is 24.0 Å². The van der Waals surface area contributed by atoms with Crippen LogP contribution in [0.4, 0.5) is 0 Å². The quantitative estimate of drug-likeness (QED) is 0.486. The Kier molecular flexibility index (Phi) is 8.84. The average Bonchev–Trinajstić information content (AvgIpc) is 3.14. The van der Waals surface area contributed by atoms with Gasteiger partial charge in [0.05, 0.1) is 12.0 Å². The summed E-state index contributed by atoms with van der Waals surface area (Å²) in [5.41, 5.74) is 2.78.